The van der Waals surface area contributed by atoms with E-state index in [1.165, 1.54) is 4.68 Å². The van der Waals surface area contributed by atoms with Gasteiger partial charge in [0.1, 0.15) is 6.61 Å². The first kappa shape index (κ1) is 13.3. The molecule has 4 N–H and O–H groups in total. The third-order valence-corrected chi connectivity index (χ3v) is 2.14. The van der Waals surface area contributed by atoms with Crippen molar-refractivity contribution in [3.63, 3.8) is 0 Å². The molecule has 0 amide bonds. The number of nitrogens with two attached hydrogens (primary N) is 2. The second-order valence-electron chi connectivity index (χ2n) is 3.32. The molecule has 92 valence electrons. The molecule has 0 atom stereocenters. The molecule has 2 aromatic rings. The Morgan fingerprint density at radius 3 is 2.41 bits per heavy atom. The fourth-order valence-corrected chi connectivity index (χ4v) is 1.27. The van der Waals surface area contributed by atoms with E-state index in [0.717, 1.165) is 5.56 Å². The molecule has 1 aromatic heterocycles. The Balaban J connectivity index is 0.00000144. The van der Waals surface area contributed by atoms with Gasteiger partial charge in [-0.25, -0.2) is 4.68 Å². The summed E-state index contributed by atoms with van der Waals surface area (Å²) in [4.78, 5) is 0. The number of hydrogen-bond donors (Lipinski definition) is 2. The summed E-state index contributed by atoms with van der Waals surface area (Å²) in [5.41, 5.74) is 6.53. The number of aromatic nitrogens is 3. The zero-order valence-electron chi connectivity index (χ0n) is 9.11. The van der Waals surface area contributed by atoms with Crippen LogP contribution >= 0.6 is 12.4 Å². The Morgan fingerprint density at radius 1 is 1.12 bits per heavy atom. The summed E-state index contributed by atoms with van der Waals surface area (Å²) in [6.45, 7) is 0.795. The monoisotopic (exact) mass is 255 g/mol. The first-order valence-corrected chi connectivity index (χ1v) is 4.84. The van der Waals surface area contributed by atoms with E-state index in [1.54, 1.807) is 0 Å². The SMILES string of the molecule is Cl.Nc1nnc(COCc2ccccc2)n1N. The molecule has 17 heavy (non-hydrogen) atoms. The maximum absolute atomic E-state index is 5.57. The zero-order chi connectivity index (χ0) is 11.4. The van der Waals surface area contributed by atoms with E-state index in [1.807, 2.05) is 30.3 Å². The quantitative estimate of drug-likeness (QED) is 0.785. The van der Waals surface area contributed by atoms with Crippen molar-refractivity contribution in [2.45, 2.75) is 13.2 Å². The van der Waals surface area contributed by atoms with E-state index in [4.69, 9.17) is 16.3 Å². The highest BCUT2D eigenvalue weighted by molar-refractivity contribution is 5.85. The van der Waals surface area contributed by atoms with Gasteiger partial charge in [0.15, 0.2) is 5.82 Å². The number of ether oxygens (including phenoxy) is 1. The number of nitrogens with zero attached hydrogens (tertiary/aromatic N) is 3. The van der Waals surface area contributed by atoms with Crippen LogP contribution in [0.1, 0.15) is 11.4 Å². The molecule has 6 nitrogen and oxygen atoms in total. The van der Waals surface area contributed by atoms with Gasteiger partial charge >= 0.3 is 0 Å². The predicted molar refractivity (Wildman–Crippen MR) is 66.8 cm³/mol. The summed E-state index contributed by atoms with van der Waals surface area (Å²) in [5, 5.41) is 7.41. The van der Waals surface area contributed by atoms with Crippen molar-refractivity contribution < 1.29 is 4.74 Å². The fourth-order valence-electron chi connectivity index (χ4n) is 1.27. The van der Waals surface area contributed by atoms with Crippen LogP contribution in [0, 0.1) is 0 Å². The molecule has 0 aliphatic heterocycles. The summed E-state index contributed by atoms with van der Waals surface area (Å²) in [7, 11) is 0. The lowest BCUT2D eigenvalue weighted by atomic mass is 10.2. The first-order chi connectivity index (χ1) is 7.77. The number of benzene rings is 1. The highest BCUT2D eigenvalue weighted by atomic mass is 35.5. The molecule has 7 heteroatoms. The zero-order valence-corrected chi connectivity index (χ0v) is 9.93. The van der Waals surface area contributed by atoms with Gasteiger partial charge in [-0.05, 0) is 5.56 Å². The van der Waals surface area contributed by atoms with Gasteiger partial charge < -0.3 is 16.3 Å². The molecule has 0 saturated carbocycles. The minimum Gasteiger partial charge on any atom is -0.369 e. The van der Waals surface area contributed by atoms with Crippen LogP contribution in [-0.4, -0.2) is 14.9 Å². The van der Waals surface area contributed by atoms with E-state index >= 15 is 0 Å². The standard InChI is InChI=1S/C10H13N5O.ClH/c11-10-14-13-9(15(10)12)7-16-6-8-4-2-1-3-5-8;/h1-5H,6-7,12H2,(H2,11,14);1H. The van der Waals surface area contributed by atoms with Gasteiger partial charge in [-0.1, -0.05) is 30.3 Å². The maximum Gasteiger partial charge on any atom is 0.240 e. The lowest BCUT2D eigenvalue weighted by Crippen LogP contribution is -2.16. The van der Waals surface area contributed by atoms with E-state index < -0.39 is 0 Å². The maximum atomic E-state index is 5.57. The molecule has 0 spiro atoms. The third-order valence-electron chi connectivity index (χ3n) is 2.14. The molecule has 0 aliphatic rings. The van der Waals surface area contributed by atoms with E-state index in [2.05, 4.69) is 10.2 Å². The topological polar surface area (TPSA) is 92.0 Å². The van der Waals surface area contributed by atoms with Gasteiger partial charge in [0.2, 0.25) is 5.95 Å². The average Bonchev–Trinajstić information content (AvgIpc) is 2.62. The van der Waals surface area contributed by atoms with Crippen LogP contribution in [0.15, 0.2) is 30.3 Å². The molecule has 0 saturated heterocycles. The Morgan fingerprint density at radius 2 is 1.82 bits per heavy atom. The van der Waals surface area contributed by atoms with Crippen molar-refractivity contribution in [1.82, 2.24) is 14.9 Å². The van der Waals surface area contributed by atoms with Gasteiger partial charge in [-0.15, -0.1) is 22.6 Å². The van der Waals surface area contributed by atoms with Crippen molar-refractivity contribution in [2.75, 3.05) is 11.6 Å². The Hall–Kier alpha value is -1.79. The van der Waals surface area contributed by atoms with Crippen LogP contribution in [0.25, 0.3) is 0 Å². The second kappa shape index (κ2) is 6.07. The summed E-state index contributed by atoms with van der Waals surface area (Å²) in [5.74, 6) is 6.26. The molecule has 0 aliphatic carbocycles. The normalized spacial score (nSPS) is 9.88. The second-order valence-corrected chi connectivity index (χ2v) is 3.32. The number of hydrogen-bond acceptors (Lipinski definition) is 5. The van der Waals surface area contributed by atoms with Gasteiger partial charge in [0.25, 0.3) is 0 Å². The molecule has 1 heterocycles. The van der Waals surface area contributed by atoms with Gasteiger partial charge in [0.05, 0.1) is 6.61 Å². The van der Waals surface area contributed by atoms with Crippen molar-refractivity contribution >= 4 is 18.4 Å². The predicted octanol–water partition coefficient (Wildman–Crippen LogP) is 0.713. The number of rotatable bonds is 4. The minimum absolute atomic E-state index is 0. The first-order valence-electron chi connectivity index (χ1n) is 4.84. The highest BCUT2D eigenvalue weighted by Crippen LogP contribution is 2.04. The van der Waals surface area contributed by atoms with E-state index in [-0.39, 0.29) is 25.0 Å². The summed E-state index contributed by atoms with van der Waals surface area (Å²) in [6, 6.07) is 9.86. The molecule has 1 aromatic carbocycles. The van der Waals surface area contributed by atoms with E-state index in [9.17, 15) is 0 Å². The number of nitrogen functional groups attached to an aromatic ring is 2. The van der Waals surface area contributed by atoms with Crippen LogP contribution in [0.3, 0.4) is 0 Å². The lowest BCUT2D eigenvalue weighted by Gasteiger charge is -2.03. The van der Waals surface area contributed by atoms with E-state index in [0.29, 0.717) is 12.4 Å². The lowest BCUT2D eigenvalue weighted by molar-refractivity contribution is 0.100. The Labute approximate surface area is 105 Å². The third kappa shape index (κ3) is 3.33. The molecule has 2 rings (SSSR count). The van der Waals surface area contributed by atoms with Gasteiger partial charge in [-0.2, -0.15) is 0 Å². The van der Waals surface area contributed by atoms with Crippen molar-refractivity contribution in [3.05, 3.63) is 41.7 Å². The molecular formula is C10H14ClN5O. The van der Waals surface area contributed by atoms with Crippen LogP contribution in [-0.2, 0) is 18.0 Å². The number of halogens is 1. The molecule has 0 radical (unpaired) electrons. The van der Waals surface area contributed by atoms with Crippen LogP contribution in [0.5, 0.6) is 0 Å². The largest absolute Gasteiger partial charge is 0.369 e. The molecule has 0 unspecified atom stereocenters. The summed E-state index contributed by atoms with van der Waals surface area (Å²) in [6.07, 6.45) is 0. The van der Waals surface area contributed by atoms with Gasteiger partial charge in [-0.3, -0.25) is 0 Å². The Kier molecular flexibility index (Phi) is 4.74. The van der Waals surface area contributed by atoms with Crippen LogP contribution in [0.2, 0.25) is 0 Å². The highest BCUT2D eigenvalue weighted by Gasteiger charge is 2.05. The Bertz CT molecular complexity index is 459. The molecule has 0 fully saturated rings. The van der Waals surface area contributed by atoms with Crippen molar-refractivity contribution in [1.29, 1.82) is 0 Å². The average molecular weight is 256 g/mol. The van der Waals surface area contributed by atoms with Gasteiger partial charge in [0, 0.05) is 0 Å². The number of anilines is 1. The van der Waals surface area contributed by atoms with Crippen LogP contribution in [0.4, 0.5) is 5.95 Å². The van der Waals surface area contributed by atoms with Crippen molar-refractivity contribution in [3.8, 4) is 0 Å². The minimum atomic E-state index is 0. The summed E-state index contributed by atoms with van der Waals surface area (Å²) >= 11 is 0. The smallest absolute Gasteiger partial charge is 0.240 e. The molecule has 0 bridgehead atoms. The molecular weight excluding hydrogens is 242 g/mol. The van der Waals surface area contributed by atoms with Crippen molar-refractivity contribution in [2.24, 2.45) is 0 Å². The fraction of sp³-hybridized carbons (Fsp3) is 0.200. The van der Waals surface area contributed by atoms with Crippen LogP contribution < -0.4 is 11.6 Å². The summed E-state index contributed by atoms with van der Waals surface area (Å²) < 4.78 is 6.65.